The van der Waals surface area contributed by atoms with Crippen molar-refractivity contribution in [1.29, 1.82) is 0 Å². The lowest BCUT2D eigenvalue weighted by Crippen LogP contribution is -2.55. The molecule has 4 nitrogen and oxygen atoms in total. The van der Waals surface area contributed by atoms with Gasteiger partial charge in [0.15, 0.2) is 0 Å². The zero-order valence-electron chi connectivity index (χ0n) is 13.2. The number of rotatable bonds is 5. The number of carbonyl (C=O) groups is 2. The van der Waals surface area contributed by atoms with Crippen LogP contribution in [-0.2, 0) is 9.59 Å². The summed E-state index contributed by atoms with van der Waals surface area (Å²) in [6.45, 7) is 7.98. The van der Waals surface area contributed by atoms with Crippen LogP contribution in [0.2, 0.25) is 0 Å². The normalized spacial score (nSPS) is 25.6. The van der Waals surface area contributed by atoms with E-state index in [2.05, 4.69) is 10.6 Å². The molecule has 20 heavy (non-hydrogen) atoms. The summed E-state index contributed by atoms with van der Waals surface area (Å²) in [5, 5.41) is 6.12. The molecule has 0 saturated heterocycles. The molecule has 0 spiro atoms. The Bertz CT molecular complexity index is 359. The minimum Gasteiger partial charge on any atom is -0.351 e. The van der Waals surface area contributed by atoms with Gasteiger partial charge in [0.2, 0.25) is 11.8 Å². The summed E-state index contributed by atoms with van der Waals surface area (Å²) < 4.78 is 0. The van der Waals surface area contributed by atoms with Gasteiger partial charge >= 0.3 is 0 Å². The summed E-state index contributed by atoms with van der Waals surface area (Å²) in [5.41, 5.74) is -0.365. The average molecular weight is 280 g/mol. The summed E-state index contributed by atoms with van der Waals surface area (Å²) in [7, 11) is 0. The lowest BCUT2D eigenvalue weighted by molar-refractivity contribution is -0.137. The summed E-state index contributed by atoms with van der Waals surface area (Å²) in [5.74, 6) is 0.263. The first-order valence-electron chi connectivity index (χ1n) is 7.89. The predicted molar refractivity (Wildman–Crippen MR) is 79.1 cm³/mol. The number of amides is 2. The summed E-state index contributed by atoms with van der Waals surface area (Å²) in [4.78, 5) is 24.4. The molecule has 2 saturated carbocycles. The molecule has 0 bridgehead atoms. The maximum absolute atomic E-state index is 12.2. The highest BCUT2D eigenvalue weighted by Crippen LogP contribution is 2.41. The van der Waals surface area contributed by atoms with Gasteiger partial charge in [-0.2, -0.15) is 0 Å². The van der Waals surface area contributed by atoms with Crippen LogP contribution in [0.25, 0.3) is 0 Å². The molecule has 0 aromatic carbocycles. The molecule has 0 aromatic heterocycles. The predicted octanol–water partition coefficient (Wildman–Crippen LogP) is 2.38. The Balaban J connectivity index is 1.81. The van der Waals surface area contributed by atoms with Crippen LogP contribution in [0.5, 0.6) is 0 Å². The van der Waals surface area contributed by atoms with Gasteiger partial charge in [0.25, 0.3) is 0 Å². The molecule has 2 rings (SSSR count). The smallest absolute Gasteiger partial charge is 0.226 e. The van der Waals surface area contributed by atoms with E-state index in [1.54, 1.807) is 0 Å². The van der Waals surface area contributed by atoms with Crippen LogP contribution in [0.3, 0.4) is 0 Å². The van der Waals surface area contributed by atoms with Crippen molar-refractivity contribution in [3.63, 3.8) is 0 Å². The van der Waals surface area contributed by atoms with E-state index in [9.17, 15) is 9.59 Å². The van der Waals surface area contributed by atoms with Crippen molar-refractivity contribution in [2.45, 2.75) is 78.3 Å². The van der Waals surface area contributed by atoms with Gasteiger partial charge in [0, 0.05) is 22.9 Å². The molecule has 2 unspecified atom stereocenters. The SMILES string of the molecule is CC(NC(=O)C1(C)CCC1)C(C)NC(=O)C1(C)CCC1. The van der Waals surface area contributed by atoms with Gasteiger partial charge < -0.3 is 10.6 Å². The van der Waals surface area contributed by atoms with Crippen LogP contribution < -0.4 is 10.6 Å². The summed E-state index contributed by atoms with van der Waals surface area (Å²) in [6, 6.07) is -0.0693. The topological polar surface area (TPSA) is 58.2 Å². The first kappa shape index (κ1) is 15.3. The Morgan fingerprint density at radius 2 is 1.10 bits per heavy atom. The van der Waals surface area contributed by atoms with E-state index in [0.29, 0.717) is 0 Å². The van der Waals surface area contributed by atoms with E-state index in [-0.39, 0.29) is 34.7 Å². The molecule has 4 heteroatoms. The van der Waals surface area contributed by atoms with Crippen molar-refractivity contribution in [2.24, 2.45) is 10.8 Å². The van der Waals surface area contributed by atoms with Crippen LogP contribution in [0, 0.1) is 10.8 Å². The van der Waals surface area contributed by atoms with Crippen LogP contribution in [-0.4, -0.2) is 23.9 Å². The van der Waals surface area contributed by atoms with E-state index in [4.69, 9.17) is 0 Å². The standard InChI is InChI=1S/C16H28N2O2/c1-11(17-13(19)15(3)7-5-8-15)12(2)18-14(20)16(4)9-6-10-16/h11-12H,5-10H2,1-4H3,(H,17,19)(H,18,20). The maximum Gasteiger partial charge on any atom is 0.226 e. The second-order valence-electron chi connectivity index (χ2n) is 7.35. The average Bonchev–Trinajstić information content (AvgIpc) is 2.32. The van der Waals surface area contributed by atoms with Crippen molar-refractivity contribution in [1.82, 2.24) is 10.6 Å². The summed E-state index contributed by atoms with van der Waals surface area (Å²) >= 11 is 0. The molecule has 2 atom stereocenters. The second kappa shape index (κ2) is 5.38. The zero-order chi connectivity index (χ0) is 15.0. The van der Waals surface area contributed by atoms with E-state index in [0.717, 1.165) is 38.5 Å². The van der Waals surface area contributed by atoms with Gasteiger partial charge in [-0.15, -0.1) is 0 Å². The third-order valence-corrected chi connectivity index (χ3v) is 5.48. The van der Waals surface area contributed by atoms with Crippen LogP contribution in [0.4, 0.5) is 0 Å². The highest BCUT2D eigenvalue weighted by Gasteiger charge is 2.41. The molecule has 2 aliphatic rings. The van der Waals surface area contributed by atoms with Crippen molar-refractivity contribution in [2.75, 3.05) is 0 Å². The third kappa shape index (κ3) is 2.84. The highest BCUT2D eigenvalue weighted by atomic mass is 16.2. The Hall–Kier alpha value is -1.06. The van der Waals surface area contributed by atoms with E-state index < -0.39 is 0 Å². The number of nitrogens with one attached hydrogen (secondary N) is 2. The molecule has 0 aliphatic heterocycles. The number of carbonyl (C=O) groups excluding carboxylic acids is 2. The first-order chi connectivity index (χ1) is 9.27. The Labute approximate surface area is 122 Å². The molecular formula is C16H28N2O2. The quantitative estimate of drug-likeness (QED) is 0.812. The third-order valence-electron chi connectivity index (χ3n) is 5.48. The van der Waals surface area contributed by atoms with Crippen LogP contribution >= 0.6 is 0 Å². The monoisotopic (exact) mass is 280 g/mol. The molecule has 0 aromatic rings. The minimum atomic E-state index is -0.183. The zero-order valence-corrected chi connectivity index (χ0v) is 13.2. The fraction of sp³-hybridized carbons (Fsp3) is 0.875. The molecule has 0 heterocycles. The maximum atomic E-state index is 12.2. The Kier molecular flexibility index (Phi) is 4.12. The number of hydrogen-bond donors (Lipinski definition) is 2. The van der Waals surface area contributed by atoms with Crippen molar-refractivity contribution < 1.29 is 9.59 Å². The van der Waals surface area contributed by atoms with Gasteiger partial charge in [-0.1, -0.05) is 26.7 Å². The van der Waals surface area contributed by atoms with Crippen molar-refractivity contribution in [3.05, 3.63) is 0 Å². The van der Waals surface area contributed by atoms with E-state index >= 15 is 0 Å². The van der Waals surface area contributed by atoms with Crippen molar-refractivity contribution in [3.8, 4) is 0 Å². The Morgan fingerprint density at radius 3 is 1.30 bits per heavy atom. The highest BCUT2D eigenvalue weighted by molar-refractivity contribution is 5.84. The van der Waals surface area contributed by atoms with Gasteiger partial charge in [-0.05, 0) is 39.5 Å². The Morgan fingerprint density at radius 1 is 0.800 bits per heavy atom. The molecule has 2 N–H and O–H groups in total. The molecule has 2 aliphatic carbocycles. The molecule has 114 valence electrons. The second-order valence-corrected chi connectivity index (χ2v) is 7.35. The minimum absolute atomic E-state index is 0.0347. The largest absolute Gasteiger partial charge is 0.351 e. The van der Waals surface area contributed by atoms with Crippen molar-refractivity contribution >= 4 is 11.8 Å². The molecule has 0 radical (unpaired) electrons. The van der Waals surface area contributed by atoms with Gasteiger partial charge in [-0.25, -0.2) is 0 Å². The van der Waals surface area contributed by atoms with Crippen LogP contribution in [0.1, 0.15) is 66.2 Å². The fourth-order valence-electron chi connectivity index (χ4n) is 2.88. The van der Waals surface area contributed by atoms with E-state index in [1.165, 1.54) is 0 Å². The number of hydrogen-bond acceptors (Lipinski definition) is 2. The van der Waals surface area contributed by atoms with Gasteiger partial charge in [0.05, 0.1) is 0 Å². The van der Waals surface area contributed by atoms with Gasteiger partial charge in [0.1, 0.15) is 0 Å². The van der Waals surface area contributed by atoms with Crippen LogP contribution in [0.15, 0.2) is 0 Å². The lowest BCUT2D eigenvalue weighted by atomic mass is 9.69. The summed E-state index contributed by atoms with van der Waals surface area (Å²) in [6.07, 6.45) is 6.19. The van der Waals surface area contributed by atoms with E-state index in [1.807, 2.05) is 27.7 Å². The first-order valence-corrected chi connectivity index (χ1v) is 7.89. The van der Waals surface area contributed by atoms with Gasteiger partial charge in [-0.3, -0.25) is 9.59 Å². The molecule has 2 fully saturated rings. The molecule has 2 amide bonds. The lowest BCUT2D eigenvalue weighted by Gasteiger charge is -2.40. The molecular weight excluding hydrogens is 252 g/mol. The fourth-order valence-corrected chi connectivity index (χ4v) is 2.88.